The summed E-state index contributed by atoms with van der Waals surface area (Å²) < 4.78 is 7.37. The van der Waals surface area contributed by atoms with Crippen LogP contribution in [0.5, 0.6) is 0 Å². The zero-order valence-electron chi connectivity index (χ0n) is 17.6. The lowest BCUT2D eigenvalue weighted by Crippen LogP contribution is -2.44. The van der Waals surface area contributed by atoms with Crippen molar-refractivity contribution in [2.75, 3.05) is 45.9 Å². The lowest BCUT2D eigenvalue weighted by Gasteiger charge is -2.26. The molecule has 1 aromatic carbocycles. The topological polar surface area (TPSA) is 79.6 Å². The third-order valence-corrected chi connectivity index (χ3v) is 5.22. The van der Waals surface area contributed by atoms with Gasteiger partial charge >= 0.3 is 0 Å². The maximum Gasteiger partial charge on any atom is 0.191 e. The van der Waals surface area contributed by atoms with Crippen LogP contribution < -0.4 is 10.6 Å². The number of aromatic nitrogens is 3. The molecular weight excluding hydrogens is 517 g/mol. The van der Waals surface area contributed by atoms with Gasteiger partial charge in [0.15, 0.2) is 11.8 Å². The van der Waals surface area contributed by atoms with E-state index in [4.69, 9.17) is 21.3 Å². The van der Waals surface area contributed by atoms with Crippen LogP contribution in [0.2, 0.25) is 5.02 Å². The van der Waals surface area contributed by atoms with E-state index in [-0.39, 0.29) is 24.0 Å². The third kappa shape index (κ3) is 8.01. The van der Waals surface area contributed by atoms with Gasteiger partial charge in [-0.1, -0.05) is 23.7 Å². The van der Waals surface area contributed by atoms with E-state index in [0.717, 1.165) is 75.0 Å². The predicted molar refractivity (Wildman–Crippen MR) is 131 cm³/mol. The van der Waals surface area contributed by atoms with Crippen molar-refractivity contribution < 1.29 is 4.74 Å². The molecule has 10 heteroatoms. The van der Waals surface area contributed by atoms with Gasteiger partial charge in [-0.3, -0.25) is 4.90 Å². The van der Waals surface area contributed by atoms with Gasteiger partial charge in [0.05, 0.1) is 13.2 Å². The molecule has 2 heterocycles. The van der Waals surface area contributed by atoms with Crippen molar-refractivity contribution >= 4 is 41.5 Å². The Morgan fingerprint density at radius 2 is 1.97 bits per heavy atom. The molecule has 0 radical (unpaired) electrons. The Morgan fingerprint density at radius 1 is 1.20 bits per heavy atom. The highest BCUT2D eigenvalue weighted by molar-refractivity contribution is 14.0. The summed E-state index contributed by atoms with van der Waals surface area (Å²) in [6.07, 6.45) is 0.869. The molecule has 0 saturated carbocycles. The van der Waals surface area contributed by atoms with Crippen LogP contribution in [-0.4, -0.2) is 71.6 Å². The number of rotatable bonds is 8. The summed E-state index contributed by atoms with van der Waals surface area (Å²) in [4.78, 5) is 7.10. The van der Waals surface area contributed by atoms with Gasteiger partial charge < -0.3 is 19.9 Å². The maximum atomic E-state index is 6.08. The zero-order chi connectivity index (χ0) is 20.5. The molecule has 0 spiro atoms. The van der Waals surface area contributed by atoms with E-state index >= 15 is 0 Å². The van der Waals surface area contributed by atoms with Crippen LogP contribution in [-0.2, 0) is 24.8 Å². The average molecular weight is 548 g/mol. The average Bonchev–Trinajstić information content (AvgIpc) is 3.04. The van der Waals surface area contributed by atoms with Crippen molar-refractivity contribution in [1.82, 2.24) is 30.3 Å². The minimum Gasteiger partial charge on any atom is -0.379 e. The van der Waals surface area contributed by atoms with Crippen LogP contribution >= 0.6 is 35.6 Å². The zero-order valence-corrected chi connectivity index (χ0v) is 20.7. The first kappa shape index (κ1) is 24.8. The monoisotopic (exact) mass is 547 g/mol. The number of morpholine rings is 1. The molecule has 30 heavy (non-hydrogen) atoms. The van der Waals surface area contributed by atoms with Gasteiger partial charge in [-0.05, 0) is 31.0 Å². The van der Waals surface area contributed by atoms with E-state index in [1.165, 1.54) is 5.56 Å². The molecule has 2 aromatic rings. The summed E-state index contributed by atoms with van der Waals surface area (Å²) in [5.41, 5.74) is 1.20. The fourth-order valence-corrected chi connectivity index (χ4v) is 3.30. The van der Waals surface area contributed by atoms with E-state index in [2.05, 4.69) is 31.8 Å². The highest BCUT2D eigenvalue weighted by Crippen LogP contribution is 2.10. The Labute approximate surface area is 200 Å². The van der Waals surface area contributed by atoms with E-state index in [1.54, 1.807) is 0 Å². The largest absolute Gasteiger partial charge is 0.379 e. The molecule has 1 saturated heterocycles. The molecule has 0 bridgehead atoms. The van der Waals surface area contributed by atoms with E-state index in [0.29, 0.717) is 6.54 Å². The highest BCUT2D eigenvalue weighted by atomic mass is 127. The van der Waals surface area contributed by atoms with E-state index in [9.17, 15) is 0 Å². The maximum absolute atomic E-state index is 6.08. The van der Waals surface area contributed by atoms with Crippen LogP contribution in [0.25, 0.3) is 0 Å². The SMILES string of the molecule is Cc1nnc(CN=C(NCCc2cccc(Cl)c2)NCCN2CCOCC2)n1C.I. The summed E-state index contributed by atoms with van der Waals surface area (Å²) in [6.45, 7) is 8.54. The molecule has 1 fully saturated rings. The summed E-state index contributed by atoms with van der Waals surface area (Å²) >= 11 is 6.08. The minimum absolute atomic E-state index is 0. The van der Waals surface area contributed by atoms with Crippen molar-refractivity contribution in [3.8, 4) is 0 Å². The number of nitrogens with zero attached hydrogens (tertiary/aromatic N) is 5. The molecular formula is C20H31ClIN7O. The molecule has 166 valence electrons. The van der Waals surface area contributed by atoms with Crippen molar-refractivity contribution in [3.63, 3.8) is 0 Å². The first-order chi connectivity index (χ1) is 14.1. The predicted octanol–water partition coefficient (Wildman–Crippen LogP) is 2.01. The van der Waals surface area contributed by atoms with Gasteiger partial charge in [0.1, 0.15) is 12.4 Å². The molecule has 2 N–H and O–H groups in total. The Bertz CT molecular complexity index is 808. The number of nitrogens with one attached hydrogen (secondary N) is 2. The fourth-order valence-electron chi connectivity index (χ4n) is 3.09. The number of ether oxygens (including phenoxy) is 1. The number of hydrogen-bond acceptors (Lipinski definition) is 5. The standard InChI is InChI=1S/C20H30ClN7O.HI/c1-16-25-26-19(27(16)2)15-24-20(23-8-9-28-10-12-29-13-11-28)22-7-6-17-4-3-5-18(21)14-17;/h3-5,14H,6-13,15H2,1-2H3,(H2,22,23,24);1H. The number of halogens is 2. The Kier molecular flexibility index (Phi) is 10.8. The van der Waals surface area contributed by atoms with Crippen molar-refractivity contribution in [3.05, 3.63) is 46.5 Å². The van der Waals surface area contributed by atoms with Crippen LogP contribution in [0, 0.1) is 6.92 Å². The lowest BCUT2D eigenvalue weighted by atomic mass is 10.1. The molecule has 0 unspecified atom stereocenters. The molecule has 0 atom stereocenters. The Balaban J connectivity index is 0.00000320. The van der Waals surface area contributed by atoms with Gasteiger partial charge in [-0.15, -0.1) is 34.2 Å². The van der Waals surface area contributed by atoms with Crippen LogP contribution in [0.4, 0.5) is 0 Å². The molecule has 0 aliphatic carbocycles. The van der Waals surface area contributed by atoms with Gasteiger partial charge in [0.2, 0.25) is 0 Å². The van der Waals surface area contributed by atoms with Crippen molar-refractivity contribution in [2.45, 2.75) is 19.9 Å². The van der Waals surface area contributed by atoms with Crippen molar-refractivity contribution in [1.29, 1.82) is 0 Å². The van der Waals surface area contributed by atoms with E-state index in [1.807, 2.05) is 36.7 Å². The normalized spacial score (nSPS) is 15.0. The second-order valence-corrected chi connectivity index (χ2v) is 7.51. The quantitative estimate of drug-likeness (QED) is 0.299. The summed E-state index contributed by atoms with van der Waals surface area (Å²) in [5.74, 6) is 2.50. The molecule has 1 aromatic heterocycles. The number of benzene rings is 1. The minimum atomic E-state index is 0. The number of aryl methyl sites for hydroxylation is 1. The van der Waals surface area contributed by atoms with Gasteiger partial charge in [0.25, 0.3) is 0 Å². The fraction of sp³-hybridized carbons (Fsp3) is 0.550. The first-order valence-corrected chi connectivity index (χ1v) is 10.4. The summed E-state index contributed by atoms with van der Waals surface area (Å²) in [6, 6.07) is 7.94. The Morgan fingerprint density at radius 3 is 2.67 bits per heavy atom. The number of aliphatic imine (C=N–C) groups is 1. The van der Waals surface area contributed by atoms with Crippen LogP contribution in [0.15, 0.2) is 29.3 Å². The van der Waals surface area contributed by atoms with Gasteiger partial charge in [-0.25, -0.2) is 4.99 Å². The summed E-state index contributed by atoms with van der Waals surface area (Å²) in [7, 11) is 1.96. The second kappa shape index (κ2) is 13.1. The van der Waals surface area contributed by atoms with Crippen molar-refractivity contribution in [2.24, 2.45) is 12.0 Å². The van der Waals surface area contributed by atoms with Crippen LogP contribution in [0.3, 0.4) is 0 Å². The third-order valence-electron chi connectivity index (χ3n) is 4.98. The van der Waals surface area contributed by atoms with E-state index < -0.39 is 0 Å². The Hall–Kier alpha value is -1.43. The summed E-state index contributed by atoms with van der Waals surface area (Å²) in [5, 5.41) is 15.9. The number of hydrogen-bond donors (Lipinski definition) is 2. The highest BCUT2D eigenvalue weighted by Gasteiger charge is 2.10. The smallest absolute Gasteiger partial charge is 0.191 e. The molecule has 0 amide bonds. The first-order valence-electron chi connectivity index (χ1n) is 10.0. The van der Waals surface area contributed by atoms with Gasteiger partial charge in [0, 0.05) is 44.8 Å². The van der Waals surface area contributed by atoms with Gasteiger partial charge in [-0.2, -0.15) is 0 Å². The molecule has 3 rings (SSSR count). The molecule has 1 aliphatic heterocycles. The molecule has 8 nitrogen and oxygen atoms in total. The van der Waals surface area contributed by atoms with Crippen LogP contribution in [0.1, 0.15) is 17.2 Å². The lowest BCUT2D eigenvalue weighted by molar-refractivity contribution is 0.0389. The molecule has 1 aliphatic rings. The second-order valence-electron chi connectivity index (χ2n) is 7.07. The number of guanidine groups is 1.